The molecule has 0 saturated heterocycles. The van der Waals surface area contributed by atoms with Crippen molar-refractivity contribution in [1.82, 2.24) is 0 Å². The highest BCUT2D eigenvalue weighted by Crippen LogP contribution is 2.05. The number of allylic oxidation sites excluding steroid dienone is 7. The summed E-state index contributed by atoms with van der Waals surface area (Å²) < 4.78 is 0. The molecule has 0 rings (SSSR count). The van der Waals surface area contributed by atoms with Crippen LogP contribution in [-0.4, -0.2) is 11.7 Å². The van der Waals surface area contributed by atoms with Gasteiger partial charge in [0, 0.05) is 6.61 Å². The van der Waals surface area contributed by atoms with Gasteiger partial charge in [0.1, 0.15) is 0 Å². The van der Waals surface area contributed by atoms with Crippen molar-refractivity contribution in [3.63, 3.8) is 0 Å². The number of hydrogen-bond acceptors (Lipinski definition) is 1. The van der Waals surface area contributed by atoms with Gasteiger partial charge in [-0.2, -0.15) is 0 Å². The zero-order valence-electron chi connectivity index (χ0n) is 13.6. The lowest BCUT2D eigenvalue weighted by atomic mass is 10.1. The van der Waals surface area contributed by atoms with Crippen LogP contribution in [0.5, 0.6) is 0 Å². The van der Waals surface area contributed by atoms with Crippen LogP contribution in [0.4, 0.5) is 0 Å². The molecular weight excluding hydrogens is 256 g/mol. The molecule has 0 fully saturated rings. The predicted molar refractivity (Wildman–Crippen MR) is 94.4 cm³/mol. The van der Waals surface area contributed by atoms with Gasteiger partial charge in [-0.05, 0) is 50.7 Å². The smallest absolute Gasteiger partial charge is 0.0431 e. The van der Waals surface area contributed by atoms with Gasteiger partial charge in [-0.1, -0.05) is 62.6 Å². The summed E-state index contributed by atoms with van der Waals surface area (Å²) in [5.41, 5.74) is 3.19. The lowest BCUT2D eigenvalue weighted by Gasteiger charge is -1.96. The highest BCUT2D eigenvalue weighted by atomic mass is 16.2. The van der Waals surface area contributed by atoms with Crippen molar-refractivity contribution in [3.05, 3.63) is 54.3 Å². The van der Waals surface area contributed by atoms with E-state index in [9.17, 15) is 0 Å². The second-order valence-corrected chi connectivity index (χ2v) is 5.07. The largest absolute Gasteiger partial charge is 0.396 e. The van der Waals surface area contributed by atoms with Crippen molar-refractivity contribution in [1.29, 1.82) is 0 Å². The molecule has 0 bridgehead atoms. The Morgan fingerprint density at radius 1 is 0.810 bits per heavy atom. The fraction of sp³-hybridized carbons (Fsp3) is 0.550. The lowest BCUT2D eigenvalue weighted by Crippen LogP contribution is -1.82. The van der Waals surface area contributed by atoms with Gasteiger partial charge < -0.3 is 5.11 Å². The molecule has 0 amide bonds. The topological polar surface area (TPSA) is 20.2 Å². The Balaban J connectivity index is 3.46. The quantitative estimate of drug-likeness (QED) is 0.194. The molecule has 1 N–H and O–H groups in total. The van der Waals surface area contributed by atoms with Crippen LogP contribution in [0.2, 0.25) is 0 Å². The van der Waals surface area contributed by atoms with Gasteiger partial charge in [-0.3, -0.25) is 0 Å². The predicted octanol–water partition coefficient (Wildman–Crippen LogP) is 5.89. The van der Waals surface area contributed by atoms with Crippen LogP contribution in [-0.2, 0) is 0 Å². The summed E-state index contributed by atoms with van der Waals surface area (Å²) in [5.74, 6) is 0. The minimum atomic E-state index is 0.333. The second-order valence-electron chi connectivity index (χ2n) is 5.07. The zero-order chi connectivity index (χ0) is 15.4. The lowest BCUT2D eigenvalue weighted by molar-refractivity contribution is 0.282. The van der Waals surface area contributed by atoms with Crippen LogP contribution in [0.15, 0.2) is 54.3 Å². The molecule has 0 aromatic rings. The first-order valence-electron chi connectivity index (χ1n) is 8.38. The second kappa shape index (κ2) is 18.7. The van der Waals surface area contributed by atoms with Crippen LogP contribution in [0, 0.1) is 0 Å². The third-order valence-electron chi connectivity index (χ3n) is 3.07. The number of aliphatic hydroxyl groups is 1. The molecule has 0 heterocycles. The van der Waals surface area contributed by atoms with E-state index in [0.29, 0.717) is 6.61 Å². The molecule has 0 aliphatic carbocycles. The first-order valence-corrected chi connectivity index (χ1v) is 8.38. The van der Waals surface area contributed by atoms with Crippen LogP contribution in [0.3, 0.4) is 0 Å². The minimum absolute atomic E-state index is 0.333. The summed E-state index contributed by atoms with van der Waals surface area (Å²) in [6.45, 7) is 2.49. The van der Waals surface area contributed by atoms with E-state index in [1.165, 1.54) is 19.3 Å². The first kappa shape index (κ1) is 19.7. The Morgan fingerprint density at radius 2 is 1.48 bits per heavy atom. The summed E-state index contributed by atoms with van der Waals surface area (Å²) >= 11 is 0. The molecule has 0 spiro atoms. The van der Waals surface area contributed by atoms with Gasteiger partial charge in [0.15, 0.2) is 0 Å². The normalized spacial score (nSPS) is 11.5. The Hall–Kier alpha value is -1.30. The van der Waals surface area contributed by atoms with Crippen LogP contribution in [0.1, 0.15) is 64.7 Å². The van der Waals surface area contributed by atoms with E-state index in [1.807, 2.05) is 6.08 Å². The van der Waals surface area contributed by atoms with Gasteiger partial charge in [-0.25, -0.2) is 0 Å². The number of aliphatic hydroxyl groups excluding tert-OH is 1. The summed E-state index contributed by atoms with van der Waals surface area (Å²) in [6, 6.07) is 0. The molecule has 0 aliphatic heterocycles. The van der Waals surface area contributed by atoms with Gasteiger partial charge >= 0.3 is 0 Å². The van der Waals surface area contributed by atoms with E-state index in [0.717, 1.165) is 38.5 Å². The summed E-state index contributed by atoms with van der Waals surface area (Å²) in [6.07, 6.45) is 27.2. The van der Waals surface area contributed by atoms with Crippen molar-refractivity contribution >= 4 is 0 Å². The zero-order valence-corrected chi connectivity index (χ0v) is 13.6. The van der Waals surface area contributed by atoms with Crippen LogP contribution in [0.25, 0.3) is 0 Å². The molecule has 0 aromatic heterocycles. The molecular formula is C20H32O. The average Bonchev–Trinajstić information content (AvgIpc) is 2.50. The van der Waals surface area contributed by atoms with Gasteiger partial charge in [-0.15, -0.1) is 5.73 Å². The third-order valence-corrected chi connectivity index (χ3v) is 3.07. The van der Waals surface area contributed by atoms with Crippen LogP contribution >= 0.6 is 0 Å². The van der Waals surface area contributed by atoms with Crippen molar-refractivity contribution in [2.24, 2.45) is 0 Å². The van der Waals surface area contributed by atoms with E-state index in [1.54, 1.807) is 0 Å². The van der Waals surface area contributed by atoms with Crippen molar-refractivity contribution < 1.29 is 5.11 Å². The third kappa shape index (κ3) is 18.7. The van der Waals surface area contributed by atoms with Gasteiger partial charge in [0.05, 0.1) is 0 Å². The van der Waals surface area contributed by atoms with Crippen molar-refractivity contribution in [2.75, 3.05) is 6.61 Å². The molecule has 0 aliphatic rings. The van der Waals surface area contributed by atoms with E-state index in [-0.39, 0.29) is 0 Å². The van der Waals surface area contributed by atoms with Crippen LogP contribution < -0.4 is 0 Å². The Labute approximate surface area is 131 Å². The Kier molecular flexibility index (Phi) is 17.5. The maximum atomic E-state index is 8.66. The van der Waals surface area contributed by atoms with E-state index in [2.05, 4.69) is 55.2 Å². The summed E-state index contributed by atoms with van der Waals surface area (Å²) in [7, 11) is 0. The molecule has 1 nitrogen and oxygen atoms in total. The number of hydrogen-bond donors (Lipinski definition) is 1. The van der Waals surface area contributed by atoms with E-state index >= 15 is 0 Å². The van der Waals surface area contributed by atoms with Gasteiger partial charge in [0.2, 0.25) is 0 Å². The van der Waals surface area contributed by atoms with Crippen molar-refractivity contribution in [3.8, 4) is 0 Å². The molecule has 0 radical (unpaired) electrons. The summed E-state index contributed by atoms with van der Waals surface area (Å²) in [4.78, 5) is 0. The molecule has 0 unspecified atom stereocenters. The Bertz CT molecular complexity index is 341. The van der Waals surface area contributed by atoms with Crippen molar-refractivity contribution in [2.45, 2.75) is 64.7 Å². The first-order chi connectivity index (χ1) is 10.4. The Morgan fingerprint density at radius 3 is 2.24 bits per heavy atom. The highest BCUT2D eigenvalue weighted by molar-refractivity contribution is 5.05. The monoisotopic (exact) mass is 288 g/mol. The standard InChI is InChI=1S/C20H32O/c1-2-3-4-5-6-7-8-9-10-11-12-13-14-15-16-17-18-19-20-21/h3-4,6-7,9-11,13,21H,2,5,8,14-20H2,1H3/b4-3+,7-6+,10-9+. The van der Waals surface area contributed by atoms with Gasteiger partial charge in [0.25, 0.3) is 0 Å². The molecule has 0 atom stereocenters. The van der Waals surface area contributed by atoms with E-state index < -0.39 is 0 Å². The fourth-order valence-corrected chi connectivity index (χ4v) is 1.85. The SMILES string of the molecule is CC/C=C/C/C=C/C/C=C/C=C=CCCCCCCCO. The molecule has 0 saturated carbocycles. The molecule has 0 aromatic carbocycles. The minimum Gasteiger partial charge on any atom is -0.396 e. The molecule has 1 heteroatoms. The number of unbranched alkanes of at least 4 members (excludes halogenated alkanes) is 5. The summed E-state index contributed by atoms with van der Waals surface area (Å²) in [5, 5.41) is 8.66. The molecule has 21 heavy (non-hydrogen) atoms. The average molecular weight is 288 g/mol. The maximum absolute atomic E-state index is 8.66. The fourth-order valence-electron chi connectivity index (χ4n) is 1.85. The molecule has 118 valence electrons. The maximum Gasteiger partial charge on any atom is 0.0431 e. The van der Waals surface area contributed by atoms with E-state index in [4.69, 9.17) is 5.11 Å². The number of rotatable bonds is 13. The highest BCUT2D eigenvalue weighted by Gasteiger charge is 1.87.